The lowest BCUT2D eigenvalue weighted by atomic mass is 10.0. The summed E-state index contributed by atoms with van der Waals surface area (Å²) in [4.78, 5) is 28.0. The third-order valence-corrected chi connectivity index (χ3v) is 4.97. The van der Waals surface area contributed by atoms with Gasteiger partial charge in [-0.05, 0) is 48.9 Å². The van der Waals surface area contributed by atoms with Crippen molar-refractivity contribution in [1.29, 1.82) is 0 Å². The van der Waals surface area contributed by atoms with Crippen LogP contribution in [0.4, 0.5) is 11.4 Å². The lowest BCUT2D eigenvalue weighted by Gasteiger charge is -2.32. The van der Waals surface area contributed by atoms with Gasteiger partial charge >= 0.3 is 0 Å². The average Bonchev–Trinajstić information content (AvgIpc) is 2.73. The fourth-order valence-electron chi connectivity index (χ4n) is 3.59. The molecule has 0 saturated heterocycles. The van der Waals surface area contributed by atoms with Crippen molar-refractivity contribution in [3.8, 4) is 5.75 Å². The van der Waals surface area contributed by atoms with Crippen LogP contribution in [0.25, 0.3) is 0 Å². The zero-order chi connectivity index (χ0) is 20.4. The van der Waals surface area contributed by atoms with Gasteiger partial charge in [0.15, 0.2) is 6.20 Å². The summed E-state index contributed by atoms with van der Waals surface area (Å²) < 4.78 is 6.99. The third kappa shape index (κ3) is 3.69. The number of aryl methyl sites for hydroxylation is 1. The highest BCUT2D eigenvalue weighted by Gasteiger charge is 2.43. The number of nitrogens with zero attached hydrogens (tertiary/aromatic N) is 2. The summed E-state index contributed by atoms with van der Waals surface area (Å²) in [7, 11) is 1.59. The van der Waals surface area contributed by atoms with E-state index >= 15 is 0 Å². The van der Waals surface area contributed by atoms with Crippen molar-refractivity contribution in [2.24, 2.45) is 0 Å². The molecule has 1 atom stereocenters. The highest BCUT2D eigenvalue weighted by molar-refractivity contribution is 6.05. The second kappa shape index (κ2) is 7.75. The molecule has 3 aromatic rings. The number of anilines is 2. The van der Waals surface area contributed by atoms with Gasteiger partial charge in [-0.15, -0.1) is 0 Å². The number of aromatic nitrogens is 1. The summed E-state index contributed by atoms with van der Waals surface area (Å²) in [5, 5.41) is 2.94. The zero-order valence-electron chi connectivity index (χ0n) is 16.3. The van der Waals surface area contributed by atoms with E-state index in [4.69, 9.17) is 4.74 Å². The van der Waals surface area contributed by atoms with Crippen LogP contribution in [0.15, 0.2) is 72.9 Å². The Morgan fingerprint density at radius 1 is 1.10 bits per heavy atom. The maximum absolute atomic E-state index is 13.3. The summed E-state index contributed by atoms with van der Waals surface area (Å²) in [5.41, 5.74) is 3.14. The second-order valence-electron chi connectivity index (χ2n) is 6.98. The minimum atomic E-state index is -0.777. The molecule has 6 nitrogen and oxygen atoms in total. The Morgan fingerprint density at radius 3 is 2.62 bits per heavy atom. The van der Waals surface area contributed by atoms with Gasteiger partial charge in [0.2, 0.25) is 18.3 Å². The summed E-state index contributed by atoms with van der Waals surface area (Å²) >= 11 is 0. The molecular formula is C23H22N3O3+. The second-order valence-corrected chi connectivity index (χ2v) is 6.98. The van der Waals surface area contributed by atoms with E-state index in [0.717, 1.165) is 11.3 Å². The van der Waals surface area contributed by atoms with Crippen LogP contribution in [-0.2, 0) is 16.1 Å². The third-order valence-electron chi connectivity index (χ3n) is 4.97. The molecule has 1 N–H and O–H groups in total. The molecule has 0 spiro atoms. The lowest BCUT2D eigenvalue weighted by molar-refractivity contribution is -0.695. The Hall–Kier alpha value is -3.67. The molecule has 29 heavy (non-hydrogen) atoms. The van der Waals surface area contributed by atoms with Crippen LogP contribution >= 0.6 is 0 Å². The molecule has 0 fully saturated rings. The summed E-state index contributed by atoms with van der Waals surface area (Å²) in [5.74, 6) is 0.303. The van der Waals surface area contributed by atoms with Crippen molar-refractivity contribution in [3.05, 3.63) is 84.2 Å². The predicted molar refractivity (Wildman–Crippen MR) is 110 cm³/mol. The van der Waals surface area contributed by atoms with Crippen molar-refractivity contribution < 1.29 is 18.9 Å². The van der Waals surface area contributed by atoms with Crippen molar-refractivity contribution >= 4 is 23.2 Å². The van der Waals surface area contributed by atoms with Crippen LogP contribution in [0.1, 0.15) is 17.3 Å². The highest BCUT2D eigenvalue weighted by Crippen LogP contribution is 2.30. The monoisotopic (exact) mass is 388 g/mol. The molecule has 1 aliphatic rings. The van der Waals surface area contributed by atoms with Gasteiger partial charge in [0.1, 0.15) is 5.75 Å². The quantitative estimate of drug-likeness (QED) is 0.699. The smallest absolute Gasteiger partial charge is 0.294 e. The van der Waals surface area contributed by atoms with Crippen molar-refractivity contribution in [1.82, 2.24) is 0 Å². The number of fused-ring (bicyclic) bond motifs is 1. The van der Waals surface area contributed by atoms with E-state index in [0.29, 0.717) is 17.1 Å². The molecule has 0 bridgehead atoms. The fraction of sp³-hybridized carbons (Fsp3) is 0.174. The molecule has 1 aliphatic heterocycles. The molecule has 2 heterocycles. The number of nitrogens with one attached hydrogen (secondary N) is 1. The van der Waals surface area contributed by atoms with Crippen LogP contribution in [-0.4, -0.2) is 18.9 Å². The Morgan fingerprint density at radius 2 is 1.90 bits per heavy atom. The van der Waals surface area contributed by atoms with E-state index in [9.17, 15) is 9.59 Å². The van der Waals surface area contributed by atoms with Gasteiger partial charge in [0.05, 0.1) is 7.11 Å². The summed E-state index contributed by atoms with van der Waals surface area (Å²) in [6, 6.07) is 19.6. The van der Waals surface area contributed by atoms with E-state index in [-0.39, 0.29) is 18.4 Å². The molecule has 146 valence electrons. The van der Waals surface area contributed by atoms with Crippen LogP contribution < -0.4 is 19.5 Å². The summed E-state index contributed by atoms with van der Waals surface area (Å²) in [6.45, 7) is 2.16. The van der Waals surface area contributed by atoms with Gasteiger partial charge in [-0.3, -0.25) is 14.5 Å². The van der Waals surface area contributed by atoms with Gasteiger partial charge in [-0.2, -0.15) is 4.57 Å². The molecule has 6 heteroatoms. The number of carbonyl (C=O) groups is 2. The Kier molecular flexibility index (Phi) is 4.99. The molecule has 2 aromatic carbocycles. The molecular weight excluding hydrogens is 366 g/mol. The van der Waals surface area contributed by atoms with Gasteiger partial charge in [-0.1, -0.05) is 18.2 Å². The van der Waals surface area contributed by atoms with Crippen LogP contribution in [0.5, 0.6) is 5.75 Å². The van der Waals surface area contributed by atoms with Gasteiger partial charge in [0, 0.05) is 23.5 Å². The first kappa shape index (κ1) is 18.7. The van der Waals surface area contributed by atoms with Crippen molar-refractivity contribution in [2.45, 2.75) is 19.5 Å². The number of methoxy groups -OCH3 is 1. The SMILES string of the molecule is COc1ccc(NC(=O)[C@H]2c3cccc[n+]3CC(=O)N2c2cccc(C)c2)cc1. The minimum Gasteiger partial charge on any atom is -0.497 e. The Balaban J connectivity index is 1.74. The zero-order valence-corrected chi connectivity index (χ0v) is 16.3. The molecule has 0 saturated carbocycles. The van der Waals surface area contributed by atoms with E-state index in [1.165, 1.54) is 0 Å². The van der Waals surface area contributed by atoms with Gasteiger partial charge < -0.3 is 10.1 Å². The number of pyridine rings is 1. The van der Waals surface area contributed by atoms with Gasteiger partial charge in [0.25, 0.3) is 11.8 Å². The predicted octanol–water partition coefficient (Wildman–Crippen LogP) is 3.02. The van der Waals surface area contributed by atoms with Crippen molar-refractivity contribution in [2.75, 3.05) is 17.3 Å². The number of hydrogen-bond acceptors (Lipinski definition) is 3. The number of benzene rings is 2. The van der Waals surface area contributed by atoms with E-state index < -0.39 is 6.04 Å². The lowest BCUT2D eigenvalue weighted by Crippen LogP contribution is -2.58. The maximum atomic E-state index is 13.3. The van der Waals surface area contributed by atoms with Crippen LogP contribution in [0.3, 0.4) is 0 Å². The highest BCUT2D eigenvalue weighted by atomic mass is 16.5. The Bertz CT molecular complexity index is 1060. The van der Waals surface area contributed by atoms with E-state index in [1.54, 1.807) is 36.3 Å². The normalized spacial score (nSPS) is 15.6. The van der Waals surface area contributed by atoms with Crippen LogP contribution in [0.2, 0.25) is 0 Å². The number of rotatable bonds is 4. The summed E-state index contributed by atoms with van der Waals surface area (Å²) in [6.07, 6.45) is 1.83. The average molecular weight is 388 g/mol. The molecule has 0 unspecified atom stereocenters. The minimum absolute atomic E-state index is 0.130. The molecule has 4 rings (SSSR count). The first-order valence-corrected chi connectivity index (χ1v) is 9.39. The maximum Gasteiger partial charge on any atom is 0.294 e. The molecule has 1 aromatic heterocycles. The first-order valence-electron chi connectivity index (χ1n) is 9.39. The molecule has 0 radical (unpaired) electrons. The number of carbonyl (C=O) groups excluding carboxylic acids is 2. The first-order chi connectivity index (χ1) is 14.1. The molecule has 2 amide bonds. The van der Waals surface area contributed by atoms with E-state index in [2.05, 4.69) is 5.32 Å². The number of amides is 2. The number of hydrogen-bond donors (Lipinski definition) is 1. The largest absolute Gasteiger partial charge is 0.497 e. The fourth-order valence-corrected chi connectivity index (χ4v) is 3.59. The van der Waals surface area contributed by atoms with Crippen molar-refractivity contribution in [3.63, 3.8) is 0 Å². The molecule has 0 aliphatic carbocycles. The van der Waals surface area contributed by atoms with Gasteiger partial charge in [-0.25, -0.2) is 0 Å². The number of ether oxygens (including phenoxy) is 1. The standard InChI is InChI=1S/C23H21N3O3/c1-16-6-5-7-18(14-16)26-21(27)15-25-13-4-3-8-20(25)22(26)23(28)24-17-9-11-19(29-2)12-10-17/h3-14,22H,15H2,1-2H3/p+1/t22-/m1/s1. The Labute approximate surface area is 169 Å². The van der Waals surface area contributed by atoms with Crippen LogP contribution in [0, 0.1) is 6.92 Å². The van der Waals surface area contributed by atoms with E-state index in [1.807, 2.05) is 60.2 Å². The topological polar surface area (TPSA) is 62.5 Å².